The molecular weight excluding hydrogens is 268 g/mol. The van der Waals surface area contributed by atoms with Gasteiger partial charge in [-0.15, -0.1) is 0 Å². The van der Waals surface area contributed by atoms with Crippen molar-refractivity contribution in [3.05, 3.63) is 29.3 Å². The Bertz CT molecular complexity index is 512. The monoisotopic (exact) mass is 292 g/mol. The van der Waals surface area contributed by atoms with E-state index >= 15 is 0 Å². The fraction of sp³-hybridized carbons (Fsp3) is 0.500. The first-order valence-electron chi connectivity index (χ1n) is 7.17. The van der Waals surface area contributed by atoms with Crippen LogP contribution in [0, 0.1) is 18.8 Å². The van der Waals surface area contributed by atoms with E-state index in [-0.39, 0.29) is 17.4 Å². The van der Waals surface area contributed by atoms with E-state index in [1.165, 1.54) is 12.1 Å². The minimum Gasteiger partial charge on any atom is -0.478 e. The number of hydrogen-bond donors (Lipinski definition) is 3. The zero-order valence-corrected chi connectivity index (χ0v) is 12.8. The Morgan fingerprint density at radius 3 is 2.52 bits per heavy atom. The fourth-order valence-corrected chi connectivity index (χ4v) is 2.28. The van der Waals surface area contributed by atoms with Gasteiger partial charge in [-0.05, 0) is 49.4 Å². The molecule has 0 spiro atoms. The Morgan fingerprint density at radius 1 is 1.33 bits per heavy atom. The number of aryl methyl sites for hydroxylation is 1. The van der Waals surface area contributed by atoms with E-state index in [2.05, 4.69) is 19.2 Å². The zero-order chi connectivity index (χ0) is 16.0. The highest BCUT2D eigenvalue weighted by Crippen LogP contribution is 2.19. The molecule has 1 unspecified atom stereocenters. The number of hydrogen-bond acceptors (Lipinski definition) is 3. The van der Waals surface area contributed by atoms with Crippen molar-refractivity contribution in [2.24, 2.45) is 17.6 Å². The Morgan fingerprint density at radius 2 is 2.00 bits per heavy atom. The molecule has 0 heterocycles. The first-order valence-corrected chi connectivity index (χ1v) is 7.17. The van der Waals surface area contributed by atoms with E-state index in [1.54, 1.807) is 6.07 Å². The number of carboxylic acid groups (broad SMARTS) is 1. The highest BCUT2D eigenvalue weighted by atomic mass is 16.4. The zero-order valence-electron chi connectivity index (χ0n) is 12.8. The maximum Gasteiger partial charge on any atom is 0.335 e. The molecule has 1 aromatic rings. The van der Waals surface area contributed by atoms with Crippen LogP contribution in [0.3, 0.4) is 0 Å². The molecule has 0 radical (unpaired) electrons. The Labute approximate surface area is 125 Å². The van der Waals surface area contributed by atoms with E-state index in [0.29, 0.717) is 24.6 Å². The number of carboxylic acids is 1. The Kier molecular flexibility index (Phi) is 6.37. The van der Waals surface area contributed by atoms with Crippen molar-refractivity contribution in [1.82, 2.24) is 0 Å². The second-order valence-corrected chi connectivity index (χ2v) is 5.82. The van der Waals surface area contributed by atoms with Gasteiger partial charge in [-0.1, -0.05) is 19.9 Å². The molecule has 116 valence electrons. The highest BCUT2D eigenvalue weighted by molar-refractivity contribution is 5.94. The molecule has 5 nitrogen and oxygen atoms in total. The first kappa shape index (κ1) is 17.2. The summed E-state index contributed by atoms with van der Waals surface area (Å²) in [4.78, 5) is 23.0. The number of aromatic carboxylic acids is 1. The van der Waals surface area contributed by atoms with Gasteiger partial charge in [0, 0.05) is 12.1 Å². The number of nitrogens with two attached hydrogens (primary N) is 1. The van der Waals surface area contributed by atoms with Gasteiger partial charge in [0.15, 0.2) is 0 Å². The van der Waals surface area contributed by atoms with Gasteiger partial charge in [0.25, 0.3) is 0 Å². The number of benzene rings is 1. The van der Waals surface area contributed by atoms with E-state index in [4.69, 9.17) is 10.8 Å². The van der Waals surface area contributed by atoms with Crippen LogP contribution < -0.4 is 11.1 Å². The van der Waals surface area contributed by atoms with Gasteiger partial charge < -0.3 is 16.2 Å². The third-order valence-electron chi connectivity index (χ3n) is 3.37. The molecule has 1 aromatic carbocycles. The second-order valence-electron chi connectivity index (χ2n) is 5.82. The molecule has 0 fully saturated rings. The molecule has 5 heteroatoms. The highest BCUT2D eigenvalue weighted by Gasteiger charge is 2.15. The van der Waals surface area contributed by atoms with E-state index in [9.17, 15) is 9.59 Å². The molecule has 0 saturated carbocycles. The van der Waals surface area contributed by atoms with Gasteiger partial charge in [-0.2, -0.15) is 0 Å². The van der Waals surface area contributed by atoms with Gasteiger partial charge in [0.05, 0.1) is 5.56 Å². The summed E-state index contributed by atoms with van der Waals surface area (Å²) in [5, 5.41) is 11.8. The van der Waals surface area contributed by atoms with Crippen molar-refractivity contribution in [1.29, 1.82) is 0 Å². The lowest BCUT2D eigenvalue weighted by atomic mass is 9.94. The van der Waals surface area contributed by atoms with Crippen LogP contribution in [0.5, 0.6) is 0 Å². The summed E-state index contributed by atoms with van der Waals surface area (Å²) >= 11 is 0. The lowest BCUT2D eigenvalue weighted by Gasteiger charge is -2.17. The van der Waals surface area contributed by atoms with Crippen molar-refractivity contribution in [2.75, 3.05) is 11.9 Å². The van der Waals surface area contributed by atoms with Crippen molar-refractivity contribution in [2.45, 2.75) is 33.6 Å². The van der Waals surface area contributed by atoms with Crippen LogP contribution in [0.1, 0.15) is 42.6 Å². The van der Waals surface area contributed by atoms with Gasteiger partial charge in [-0.3, -0.25) is 4.79 Å². The summed E-state index contributed by atoms with van der Waals surface area (Å²) < 4.78 is 0. The molecule has 1 amide bonds. The van der Waals surface area contributed by atoms with Crippen molar-refractivity contribution < 1.29 is 14.7 Å². The summed E-state index contributed by atoms with van der Waals surface area (Å²) in [5.41, 5.74) is 7.24. The number of carbonyl (C=O) groups is 2. The maximum atomic E-state index is 12.1. The molecule has 1 rings (SSSR count). The van der Waals surface area contributed by atoms with E-state index < -0.39 is 5.97 Å². The maximum absolute atomic E-state index is 12.1. The number of carbonyl (C=O) groups excluding carboxylic acids is 1. The summed E-state index contributed by atoms with van der Waals surface area (Å²) in [7, 11) is 0. The van der Waals surface area contributed by atoms with Gasteiger partial charge in [0.2, 0.25) is 5.91 Å². The van der Waals surface area contributed by atoms with Crippen LogP contribution in [0.4, 0.5) is 5.69 Å². The Hall–Kier alpha value is -1.88. The molecule has 21 heavy (non-hydrogen) atoms. The largest absolute Gasteiger partial charge is 0.478 e. The van der Waals surface area contributed by atoms with Crippen LogP contribution in [0.2, 0.25) is 0 Å². The average molecular weight is 292 g/mol. The summed E-state index contributed by atoms with van der Waals surface area (Å²) in [5.74, 6) is -0.502. The van der Waals surface area contributed by atoms with Crippen LogP contribution in [-0.4, -0.2) is 23.5 Å². The number of amides is 1. The number of nitrogens with one attached hydrogen (secondary N) is 1. The average Bonchev–Trinajstić information content (AvgIpc) is 2.39. The van der Waals surface area contributed by atoms with Crippen molar-refractivity contribution in [3.63, 3.8) is 0 Å². The van der Waals surface area contributed by atoms with Crippen molar-refractivity contribution >= 4 is 17.6 Å². The molecule has 0 aliphatic rings. The number of anilines is 1. The summed E-state index contributed by atoms with van der Waals surface area (Å²) in [6.45, 7) is 6.50. The van der Waals surface area contributed by atoms with Crippen molar-refractivity contribution in [3.8, 4) is 0 Å². The van der Waals surface area contributed by atoms with Crippen LogP contribution in [0.25, 0.3) is 0 Å². The molecule has 0 aromatic heterocycles. The second kappa shape index (κ2) is 7.78. The predicted molar refractivity (Wildman–Crippen MR) is 83.4 cm³/mol. The molecule has 4 N–H and O–H groups in total. The smallest absolute Gasteiger partial charge is 0.335 e. The van der Waals surface area contributed by atoms with Crippen LogP contribution in [0.15, 0.2) is 18.2 Å². The fourth-order valence-electron chi connectivity index (χ4n) is 2.28. The molecule has 0 saturated heterocycles. The topological polar surface area (TPSA) is 92.4 Å². The van der Waals surface area contributed by atoms with Gasteiger partial charge in [0.1, 0.15) is 0 Å². The third kappa shape index (κ3) is 5.55. The molecule has 0 bridgehead atoms. The minimum atomic E-state index is -1.01. The van der Waals surface area contributed by atoms with E-state index in [0.717, 1.165) is 12.0 Å². The molecular formula is C16H24N2O3. The quantitative estimate of drug-likeness (QED) is 0.720. The standard InChI is InChI=1S/C16H24N2O3/c1-10(2)6-12(9-17)7-15(19)18-14-8-13(16(20)21)5-4-11(14)3/h4-5,8,10,12H,6-7,9,17H2,1-3H3,(H,18,19)(H,20,21). The lowest BCUT2D eigenvalue weighted by molar-refractivity contribution is -0.117. The summed E-state index contributed by atoms with van der Waals surface area (Å²) in [6.07, 6.45) is 1.25. The predicted octanol–water partition coefficient (Wildman–Crippen LogP) is 2.64. The first-order chi connectivity index (χ1) is 9.83. The SMILES string of the molecule is Cc1ccc(C(=O)O)cc1NC(=O)CC(CN)CC(C)C. The Balaban J connectivity index is 2.74. The lowest BCUT2D eigenvalue weighted by Crippen LogP contribution is -2.23. The third-order valence-corrected chi connectivity index (χ3v) is 3.37. The normalized spacial score (nSPS) is 12.2. The molecule has 0 aliphatic heterocycles. The molecule has 1 atom stereocenters. The van der Waals surface area contributed by atoms with E-state index in [1.807, 2.05) is 6.92 Å². The summed E-state index contributed by atoms with van der Waals surface area (Å²) in [6, 6.07) is 4.69. The van der Waals surface area contributed by atoms with Gasteiger partial charge in [-0.25, -0.2) is 4.79 Å². The molecule has 0 aliphatic carbocycles. The van der Waals surface area contributed by atoms with Crippen LogP contribution >= 0.6 is 0 Å². The van der Waals surface area contributed by atoms with Gasteiger partial charge >= 0.3 is 5.97 Å². The minimum absolute atomic E-state index is 0.128. The number of rotatable bonds is 7. The van der Waals surface area contributed by atoms with Crippen LogP contribution in [-0.2, 0) is 4.79 Å².